The first-order valence-electron chi connectivity index (χ1n) is 16.4. The Kier molecular flexibility index (Phi) is 12.3. The number of hydrogen-bond acceptors (Lipinski definition) is 8. The van der Waals surface area contributed by atoms with Gasteiger partial charge in [-0.05, 0) is 54.8 Å². The molecule has 2 heterocycles. The Morgan fingerprint density at radius 2 is 1.72 bits per heavy atom. The average molecular weight is 701 g/mol. The first-order chi connectivity index (χ1) is 24.2. The van der Waals surface area contributed by atoms with Crippen LogP contribution in [0.5, 0.6) is 11.5 Å². The summed E-state index contributed by atoms with van der Waals surface area (Å²) in [4.78, 5) is 49.3. The Morgan fingerprint density at radius 3 is 2.50 bits per heavy atom. The lowest BCUT2D eigenvalue weighted by Crippen LogP contribution is -2.26. The number of halogens is 2. The van der Waals surface area contributed by atoms with Gasteiger partial charge in [0, 0.05) is 47.3 Å². The van der Waals surface area contributed by atoms with Crippen molar-refractivity contribution in [2.45, 2.75) is 57.9 Å². The molecule has 3 aromatic carbocycles. The van der Waals surface area contributed by atoms with E-state index in [1.807, 2.05) is 18.2 Å². The van der Waals surface area contributed by atoms with Gasteiger partial charge in [0.25, 0.3) is 0 Å². The average Bonchev–Trinajstić information content (AvgIpc) is 3.24. The van der Waals surface area contributed by atoms with Crippen LogP contribution in [-0.4, -0.2) is 59.2 Å². The number of aromatic nitrogens is 2. The van der Waals surface area contributed by atoms with Crippen LogP contribution in [0.2, 0.25) is 5.02 Å². The lowest BCUT2D eigenvalue weighted by molar-refractivity contribution is -0.140. The highest BCUT2D eigenvalue weighted by molar-refractivity contribution is 6.31. The molecule has 1 aliphatic rings. The van der Waals surface area contributed by atoms with Gasteiger partial charge in [0.2, 0.25) is 5.91 Å². The van der Waals surface area contributed by atoms with Crippen LogP contribution in [-0.2, 0) is 22.6 Å². The minimum atomic E-state index is -1.15. The van der Waals surface area contributed by atoms with Gasteiger partial charge in [-0.2, -0.15) is 0 Å². The number of nitrogens with one attached hydrogen (secondary N) is 1. The number of Topliss-reactive ketones (excluding diaryl/α,β-unsaturated/α-hetero) is 1. The fourth-order valence-electron chi connectivity index (χ4n) is 5.93. The second kappa shape index (κ2) is 17.0. The molecule has 0 fully saturated rings. The highest BCUT2D eigenvalue weighted by Crippen LogP contribution is 2.36. The van der Waals surface area contributed by atoms with E-state index in [4.69, 9.17) is 36.2 Å². The number of amides is 1. The van der Waals surface area contributed by atoms with E-state index in [0.717, 1.165) is 48.8 Å². The Morgan fingerprint density at radius 1 is 0.940 bits per heavy atom. The summed E-state index contributed by atoms with van der Waals surface area (Å²) in [5, 5.41) is 11.7. The van der Waals surface area contributed by atoms with E-state index in [1.54, 1.807) is 36.5 Å². The van der Waals surface area contributed by atoms with Gasteiger partial charge in [-0.1, -0.05) is 49.1 Å². The molecular weight excluding hydrogens is 663 g/mol. The number of methoxy groups -OCH3 is 2. The van der Waals surface area contributed by atoms with Crippen LogP contribution in [0.4, 0.5) is 4.39 Å². The summed E-state index contributed by atoms with van der Waals surface area (Å²) >= 11 is 6.43. The van der Waals surface area contributed by atoms with E-state index in [0.29, 0.717) is 64.3 Å². The summed E-state index contributed by atoms with van der Waals surface area (Å²) in [6.07, 6.45) is 6.09. The van der Waals surface area contributed by atoms with Gasteiger partial charge < -0.3 is 19.9 Å². The molecular formula is C38H38ClFN4O6. The second-order valence-electron chi connectivity index (χ2n) is 11.9. The number of benzene rings is 3. The van der Waals surface area contributed by atoms with Crippen LogP contribution in [0.1, 0.15) is 83.4 Å². The molecule has 0 saturated carbocycles. The molecule has 1 aromatic heterocycles. The van der Waals surface area contributed by atoms with Gasteiger partial charge in [0.05, 0.1) is 43.3 Å². The maximum absolute atomic E-state index is 15.2. The number of carboxylic acid groups (broad SMARTS) is 1. The highest BCUT2D eigenvalue weighted by atomic mass is 35.5. The minimum absolute atomic E-state index is 0.00632. The van der Waals surface area contributed by atoms with Crippen molar-refractivity contribution >= 4 is 35.0 Å². The zero-order chi connectivity index (χ0) is 35.6. The number of carbonyl (C=O) groups excluding carboxylic acids is 2. The van der Waals surface area contributed by atoms with Gasteiger partial charge in [0.15, 0.2) is 5.78 Å². The standard InChI is InChI=1S/C38H38ClFN4O6/c1-49-31-11-8-9-29(40)36(31)38-28-19-25(39)13-15-26(28)37-24(22-43-38)21-42-33(44-37)18-23-12-14-27(32(17-23)50-2)30(45)10-6-4-3-5-7-16-41-34(46)20-35(47)48/h8-9,11-15,17,19,21H,3-7,10,16,18,20,22H2,1-2H3,(H,41,46)(H,47,48). The molecule has 2 N–H and O–H groups in total. The van der Waals surface area contributed by atoms with Crippen molar-refractivity contribution in [3.05, 3.63) is 105 Å². The SMILES string of the molecule is COc1cc(Cc2ncc3c(n2)-c2ccc(Cl)cc2C(c2c(F)cccc2OC)=NC3)ccc1C(=O)CCCCCCCNC(=O)CC(=O)O. The molecule has 1 amide bonds. The molecule has 0 spiro atoms. The zero-order valence-corrected chi connectivity index (χ0v) is 28.7. The maximum atomic E-state index is 15.2. The molecule has 12 heteroatoms. The van der Waals surface area contributed by atoms with E-state index in [2.05, 4.69) is 10.3 Å². The number of ether oxygens (including phenoxy) is 2. The maximum Gasteiger partial charge on any atom is 0.312 e. The molecule has 0 aliphatic carbocycles. The molecule has 50 heavy (non-hydrogen) atoms. The summed E-state index contributed by atoms with van der Waals surface area (Å²) in [5.74, 6) is -0.703. The third-order valence-corrected chi connectivity index (χ3v) is 8.62. The van der Waals surface area contributed by atoms with Crippen LogP contribution in [0.3, 0.4) is 0 Å². The van der Waals surface area contributed by atoms with Crippen molar-refractivity contribution in [2.75, 3.05) is 20.8 Å². The molecule has 5 rings (SSSR count). The molecule has 4 aromatic rings. The summed E-state index contributed by atoms with van der Waals surface area (Å²) in [5.41, 5.74) is 4.89. The number of carbonyl (C=O) groups is 3. The number of ketones is 1. The Hall–Kier alpha value is -5.16. The molecule has 0 saturated heterocycles. The van der Waals surface area contributed by atoms with E-state index >= 15 is 4.39 Å². The molecule has 10 nitrogen and oxygen atoms in total. The first-order valence-corrected chi connectivity index (χ1v) is 16.8. The van der Waals surface area contributed by atoms with Crippen molar-refractivity contribution < 1.29 is 33.4 Å². The Balaban J connectivity index is 1.25. The van der Waals surface area contributed by atoms with Crippen LogP contribution in [0.25, 0.3) is 11.3 Å². The van der Waals surface area contributed by atoms with Crippen molar-refractivity contribution in [2.24, 2.45) is 4.99 Å². The lowest BCUT2D eigenvalue weighted by Gasteiger charge is -2.15. The molecule has 1 aliphatic heterocycles. The van der Waals surface area contributed by atoms with Gasteiger partial charge in [0.1, 0.15) is 29.6 Å². The number of nitrogens with zero attached hydrogens (tertiary/aromatic N) is 3. The predicted octanol–water partition coefficient (Wildman–Crippen LogP) is 7.01. The summed E-state index contributed by atoms with van der Waals surface area (Å²) in [7, 11) is 3.03. The molecule has 260 valence electrons. The van der Waals surface area contributed by atoms with Crippen LogP contribution < -0.4 is 14.8 Å². The van der Waals surface area contributed by atoms with Crippen LogP contribution in [0, 0.1) is 5.82 Å². The van der Waals surface area contributed by atoms with Gasteiger partial charge in [-0.15, -0.1) is 0 Å². The fraction of sp³-hybridized carbons (Fsp3) is 0.316. The zero-order valence-electron chi connectivity index (χ0n) is 27.9. The normalized spacial score (nSPS) is 11.9. The monoisotopic (exact) mass is 700 g/mol. The molecule has 0 atom stereocenters. The minimum Gasteiger partial charge on any atom is -0.496 e. The first kappa shape index (κ1) is 36.1. The Labute approximate surface area is 294 Å². The number of rotatable bonds is 16. The molecule has 0 unspecified atom stereocenters. The summed E-state index contributed by atoms with van der Waals surface area (Å²) in [6.45, 7) is 0.667. The topological polar surface area (TPSA) is 140 Å². The number of carboxylic acids is 1. The molecule has 0 bridgehead atoms. The third-order valence-electron chi connectivity index (χ3n) is 8.39. The highest BCUT2D eigenvalue weighted by Gasteiger charge is 2.25. The quantitative estimate of drug-likeness (QED) is 0.0723. The fourth-order valence-corrected chi connectivity index (χ4v) is 6.10. The van der Waals surface area contributed by atoms with Gasteiger partial charge >= 0.3 is 5.97 Å². The smallest absolute Gasteiger partial charge is 0.312 e. The number of unbranched alkanes of at least 4 members (excludes halogenated alkanes) is 4. The van der Waals surface area contributed by atoms with Gasteiger partial charge in [-0.3, -0.25) is 19.4 Å². The number of fused-ring (bicyclic) bond motifs is 3. The largest absolute Gasteiger partial charge is 0.496 e. The Bertz CT molecular complexity index is 1930. The van der Waals surface area contributed by atoms with Crippen molar-refractivity contribution in [3.63, 3.8) is 0 Å². The third kappa shape index (κ3) is 8.89. The van der Waals surface area contributed by atoms with E-state index in [9.17, 15) is 14.4 Å². The van der Waals surface area contributed by atoms with Gasteiger partial charge in [-0.25, -0.2) is 14.4 Å². The number of hydrogen-bond donors (Lipinski definition) is 2. The second-order valence-corrected chi connectivity index (χ2v) is 12.3. The van der Waals surface area contributed by atoms with Crippen LogP contribution in [0.15, 0.2) is 65.8 Å². The predicted molar refractivity (Wildman–Crippen MR) is 188 cm³/mol. The van der Waals surface area contributed by atoms with E-state index in [-0.39, 0.29) is 17.9 Å². The summed E-state index contributed by atoms with van der Waals surface area (Å²) in [6, 6.07) is 15.5. The van der Waals surface area contributed by atoms with Crippen molar-refractivity contribution in [3.8, 4) is 22.8 Å². The van der Waals surface area contributed by atoms with Crippen molar-refractivity contribution in [1.29, 1.82) is 0 Å². The summed E-state index contributed by atoms with van der Waals surface area (Å²) < 4.78 is 26.3. The number of aliphatic carboxylic acids is 1. The lowest BCUT2D eigenvalue weighted by atomic mass is 9.94. The van der Waals surface area contributed by atoms with E-state index in [1.165, 1.54) is 20.3 Å². The van der Waals surface area contributed by atoms with Crippen LogP contribution >= 0.6 is 11.6 Å². The van der Waals surface area contributed by atoms with E-state index < -0.39 is 24.1 Å². The number of aliphatic imine (C=N–C) groups is 1. The van der Waals surface area contributed by atoms with Crippen molar-refractivity contribution in [1.82, 2.24) is 15.3 Å². The molecule has 0 radical (unpaired) electrons.